The molecule has 0 aliphatic carbocycles. The highest BCUT2D eigenvalue weighted by atomic mass is 15.3. The van der Waals surface area contributed by atoms with E-state index < -0.39 is 0 Å². The lowest BCUT2D eigenvalue weighted by Crippen LogP contribution is -2.26. The third-order valence-electron chi connectivity index (χ3n) is 4.96. The van der Waals surface area contributed by atoms with E-state index in [0.717, 1.165) is 41.8 Å². The SMILES string of the molecule is N#Cc1ccc(Nc2cc(-c3ccccc3)nc(N3CCCCCC3)n2)cc1. The van der Waals surface area contributed by atoms with Crippen LogP contribution in [0.3, 0.4) is 0 Å². The van der Waals surface area contributed by atoms with E-state index >= 15 is 0 Å². The van der Waals surface area contributed by atoms with E-state index in [0.29, 0.717) is 5.56 Å². The van der Waals surface area contributed by atoms with Gasteiger partial charge in [0, 0.05) is 30.4 Å². The molecule has 5 nitrogen and oxygen atoms in total. The van der Waals surface area contributed by atoms with Crippen LogP contribution in [0.15, 0.2) is 60.7 Å². The van der Waals surface area contributed by atoms with Gasteiger partial charge in [-0.1, -0.05) is 43.2 Å². The van der Waals surface area contributed by atoms with Gasteiger partial charge in [-0.05, 0) is 37.1 Å². The first-order chi connectivity index (χ1) is 13.8. The minimum atomic E-state index is 0.642. The average Bonchev–Trinajstić information content (AvgIpc) is 3.04. The molecular formula is C23H23N5. The van der Waals surface area contributed by atoms with Gasteiger partial charge in [-0.3, -0.25) is 0 Å². The zero-order valence-corrected chi connectivity index (χ0v) is 15.8. The molecule has 0 saturated carbocycles. The summed E-state index contributed by atoms with van der Waals surface area (Å²) < 4.78 is 0. The smallest absolute Gasteiger partial charge is 0.227 e. The van der Waals surface area contributed by atoms with Gasteiger partial charge in [-0.15, -0.1) is 0 Å². The molecule has 0 radical (unpaired) electrons. The zero-order valence-electron chi connectivity index (χ0n) is 15.8. The van der Waals surface area contributed by atoms with Gasteiger partial charge in [0.15, 0.2) is 0 Å². The van der Waals surface area contributed by atoms with E-state index in [9.17, 15) is 0 Å². The Morgan fingerprint density at radius 2 is 1.57 bits per heavy atom. The van der Waals surface area contributed by atoms with Crippen molar-refractivity contribution in [2.24, 2.45) is 0 Å². The minimum absolute atomic E-state index is 0.642. The lowest BCUT2D eigenvalue weighted by molar-refractivity contribution is 0.726. The van der Waals surface area contributed by atoms with Gasteiger partial charge >= 0.3 is 0 Å². The quantitative estimate of drug-likeness (QED) is 0.690. The van der Waals surface area contributed by atoms with Gasteiger partial charge in [-0.25, -0.2) is 4.98 Å². The van der Waals surface area contributed by atoms with Crippen LogP contribution in [-0.4, -0.2) is 23.1 Å². The molecule has 3 aromatic rings. The van der Waals surface area contributed by atoms with Gasteiger partial charge in [0.1, 0.15) is 5.82 Å². The molecule has 2 heterocycles. The Balaban J connectivity index is 1.69. The molecule has 1 fully saturated rings. The van der Waals surface area contributed by atoms with Crippen molar-refractivity contribution in [1.29, 1.82) is 5.26 Å². The highest BCUT2D eigenvalue weighted by Gasteiger charge is 2.15. The Labute approximate surface area is 165 Å². The number of rotatable bonds is 4. The molecule has 4 rings (SSSR count). The number of nitrogens with zero attached hydrogens (tertiary/aromatic N) is 4. The van der Waals surface area contributed by atoms with Gasteiger partial charge in [-0.2, -0.15) is 10.2 Å². The molecule has 140 valence electrons. The van der Waals surface area contributed by atoms with Crippen molar-refractivity contribution in [3.63, 3.8) is 0 Å². The number of nitriles is 1. The van der Waals surface area contributed by atoms with Crippen molar-refractivity contribution < 1.29 is 0 Å². The van der Waals surface area contributed by atoms with Crippen molar-refractivity contribution >= 4 is 17.5 Å². The summed E-state index contributed by atoms with van der Waals surface area (Å²) >= 11 is 0. The molecule has 1 N–H and O–H groups in total. The van der Waals surface area contributed by atoms with Crippen LogP contribution in [-0.2, 0) is 0 Å². The van der Waals surface area contributed by atoms with E-state index in [1.54, 1.807) is 12.1 Å². The fourth-order valence-electron chi connectivity index (χ4n) is 3.44. The van der Waals surface area contributed by atoms with Crippen LogP contribution in [0.5, 0.6) is 0 Å². The average molecular weight is 369 g/mol. The van der Waals surface area contributed by atoms with Gasteiger partial charge in [0.2, 0.25) is 5.95 Å². The second kappa shape index (κ2) is 8.53. The van der Waals surface area contributed by atoms with Crippen LogP contribution < -0.4 is 10.2 Å². The summed E-state index contributed by atoms with van der Waals surface area (Å²) in [6, 6.07) is 21.7. The molecular weight excluding hydrogens is 346 g/mol. The Kier molecular flexibility index (Phi) is 5.48. The Morgan fingerprint density at radius 3 is 2.25 bits per heavy atom. The van der Waals surface area contributed by atoms with Crippen molar-refractivity contribution in [3.05, 3.63) is 66.2 Å². The van der Waals surface area contributed by atoms with Crippen molar-refractivity contribution in [2.75, 3.05) is 23.3 Å². The molecule has 1 aliphatic rings. The normalized spacial score (nSPS) is 14.2. The molecule has 0 amide bonds. The van der Waals surface area contributed by atoms with Gasteiger partial charge in [0.05, 0.1) is 17.3 Å². The van der Waals surface area contributed by atoms with Crippen LogP contribution in [0, 0.1) is 11.3 Å². The highest BCUT2D eigenvalue weighted by molar-refractivity contribution is 5.67. The third kappa shape index (κ3) is 4.29. The van der Waals surface area contributed by atoms with Crippen LogP contribution >= 0.6 is 0 Å². The van der Waals surface area contributed by atoms with E-state index in [-0.39, 0.29) is 0 Å². The second-order valence-electron chi connectivity index (χ2n) is 7.02. The lowest BCUT2D eigenvalue weighted by Gasteiger charge is -2.21. The fourth-order valence-corrected chi connectivity index (χ4v) is 3.44. The molecule has 28 heavy (non-hydrogen) atoms. The van der Waals surface area contributed by atoms with E-state index in [2.05, 4.69) is 28.4 Å². The molecule has 1 aromatic heterocycles. The first kappa shape index (κ1) is 18.0. The number of hydrogen-bond acceptors (Lipinski definition) is 5. The van der Waals surface area contributed by atoms with Crippen molar-refractivity contribution in [3.8, 4) is 17.3 Å². The summed E-state index contributed by atoms with van der Waals surface area (Å²) in [6.07, 6.45) is 4.89. The third-order valence-corrected chi connectivity index (χ3v) is 4.96. The monoisotopic (exact) mass is 369 g/mol. The largest absolute Gasteiger partial charge is 0.341 e. The first-order valence-corrected chi connectivity index (χ1v) is 9.78. The first-order valence-electron chi connectivity index (χ1n) is 9.78. The molecule has 1 aliphatic heterocycles. The van der Waals surface area contributed by atoms with E-state index in [4.69, 9.17) is 15.2 Å². The maximum Gasteiger partial charge on any atom is 0.227 e. The maximum atomic E-state index is 8.99. The standard InChI is InChI=1S/C23H23N5/c24-17-18-10-12-20(13-11-18)25-22-16-21(19-8-4-3-5-9-19)26-23(27-22)28-14-6-1-2-7-15-28/h3-5,8-13,16H,1-2,6-7,14-15H2,(H,25,26,27). The molecule has 0 atom stereocenters. The van der Waals surface area contributed by atoms with Crippen LogP contribution in [0.2, 0.25) is 0 Å². The summed E-state index contributed by atoms with van der Waals surface area (Å²) in [5, 5.41) is 12.4. The molecule has 0 bridgehead atoms. The highest BCUT2D eigenvalue weighted by Crippen LogP contribution is 2.26. The Hall–Kier alpha value is -3.39. The van der Waals surface area contributed by atoms with E-state index in [1.807, 2.05) is 36.4 Å². The molecule has 0 spiro atoms. The minimum Gasteiger partial charge on any atom is -0.341 e. The molecule has 5 heteroatoms. The Morgan fingerprint density at radius 1 is 0.857 bits per heavy atom. The van der Waals surface area contributed by atoms with Gasteiger partial charge in [0.25, 0.3) is 0 Å². The number of benzene rings is 2. The summed E-state index contributed by atoms with van der Waals surface area (Å²) in [5.74, 6) is 1.54. The summed E-state index contributed by atoms with van der Waals surface area (Å²) in [4.78, 5) is 12.0. The van der Waals surface area contributed by atoms with Crippen LogP contribution in [0.4, 0.5) is 17.5 Å². The Bertz CT molecular complexity index is 953. The maximum absolute atomic E-state index is 8.99. The topological polar surface area (TPSA) is 64.8 Å². The summed E-state index contributed by atoms with van der Waals surface area (Å²) in [7, 11) is 0. The number of hydrogen-bond donors (Lipinski definition) is 1. The van der Waals surface area contributed by atoms with E-state index in [1.165, 1.54) is 25.7 Å². The number of anilines is 3. The molecule has 2 aromatic carbocycles. The fraction of sp³-hybridized carbons (Fsp3) is 0.261. The van der Waals surface area contributed by atoms with Gasteiger partial charge < -0.3 is 10.2 Å². The number of nitrogens with one attached hydrogen (secondary N) is 1. The van der Waals surface area contributed by atoms with Crippen LogP contribution in [0.25, 0.3) is 11.3 Å². The zero-order chi connectivity index (χ0) is 19.2. The summed E-state index contributed by atoms with van der Waals surface area (Å²) in [5.41, 5.74) is 3.52. The predicted molar refractivity (Wildman–Crippen MR) is 113 cm³/mol. The molecule has 1 saturated heterocycles. The predicted octanol–water partition coefficient (Wildman–Crippen LogP) is 5.14. The van der Waals surface area contributed by atoms with Crippen molar-refractivity contribution in [2.45, 2.75) is 25.7 Å². The molecule has 0 unspecified atom stereocenters. The summed E-state index contributed by atoms with van der Waals surface area (Å²) in [6.45, 7) is 1.99. The second-order valence-corrected chi connectivity index (χ2v) is 7.02. The lowest BCUT2D eigenvalue weighted by atomic mass is 10.1. The van der Waals surface area contributed by atoms with Crippen molar-refractivity contribution in [1.82, 2.24) is 9.97 Å². The number of aromatic nitrogens is 2. The van der Waals surface area contributed by atoms with Crippen LogP contribution in [0.1, 0.15) is 31.2 Å².